The highest BCUT2D eigenvalue weighted by Gasteiger charge is 2.16. The first-order valence-corrected chi connectivity index (χ1v) is 8.48. The van der Waals surface area contributed by atoms with Crippen molar-refractivity contribution in [3.05, 3.63) is 29.8 Å². The maximum Gasteiger partial charge on any atom is 0.238 e. The molecule has 1 heterocycles. The summed E-state index contributed by atoms with van der Waals surface area (Å²) < 4.78 is 27.9. The minimum atomic E-state index is -3.61. The molecule has 0 bridgehead atoms. The number of primary sulfonamides is 1. The summed E-state index contributed by atoms with van der Waals surface area (Å²) in [6.45, 7) is 3.72. The molecule has 6 heteroatoms. The van der Waals surface area contributed by atoms with Gasteiger partial charge in [-0.2, -0.15) is 0 Å². The lowest BCUT2D eigenvalue weighted by molar-refractivity contribution is 0.142. The molecule has 112 valence electrons. The fourth-order valence-corrected chi connectivity index (χ4v) is 2.98. The number of rotatable bonds is 4. The number of nitrogens with one attached hydrogen (secondary N) is 1. The van der Waals surface area contributed by atoms with Gasteiger partial charge in [-0.1, -0.05) is 12.1 Å². The topological polar surface area (TPSA) is 81.4 Å². The highest BCUT2D eigenvalue weighted by Crippen LogP contribution is 2.18. The van der Waals surface area contributed by atoms with Gasteiger partial charge < -0.3 is 10.1 Å². The molecule has 0 spiro atoms. The van der Waals surface area contributed by atoms with Gasteiger partial charge in [-0.25, -0.2) is 13.6 Å². The standard InChI is InChI=1S/C14H22N2O3S/c1-11(16-13-3-2-9-19-10-8-13)12-4-6-14(7-5-12)20(15,17)18/h4-7,11,13,16H,2-3,8-10H2,1H3,(H2,15,17,18). The molecule has 5 nitrogen and oxygen atoms in total. The number of ether oxygens (including phenoxy) is 1. The molecule has 2 atom stereocenters. The highest BCUT2D eigenvalue weighted by atomic mass is 32.2. The summed E-state index contributed by atoms with van der Waals surface area (Å²) >= 11 is 0. The van der Waals surface area contributed by atoms with E-state index in [1.54, 1.807) is 12.1 Å². The van der Waals surface area contributed by atoms with Gasteiger partial charge in [0.15, 0.2) is 0 Å². The van der Waals surface area contributed by atoms with Crippen LogP contribution < -0.4 is 10.5 Å². The molecule has 2 rings (SSSR count). The van der Waals surface area contributed by atoms with Crippen LogP contribution in [-0.2, 0) is 14.8 Å². The second kappa shape index (κ2) is 6.67. The van der Waals surface area contributed by atoms with E-state index >= 15 is 0 Å². The number of hydrogen-bond acceptors (Lipinski definition) is 4. The van der Waals surface area contributed by atoms with Gasteiger partial charge in [-0.15, -0.1) is 0 Å². The lowest BCUT2D eigenvalue weighted by Gasteiger charge is -2.22. The number of hydrogen-bond donors (Lipinski definition) is 2. The zero-order valence-electron chi connectivity index (χ0n) is 11.7. The van der Waals surface area contributed by atoms with E-state index < -0.39 is 10.0 Å². The lowest BCUT2D eigenvalue weighted by Crippen LogP contribution is -2.31. The fourth-order valence-electron chi connectivity index (χ4n) is 2.47. The van der Waals surface area contributed by atoms with Gasteiger partial charge in [0.1, 0.15) is 0 Å². The summed E-state index contributed by atoms with van der Waals surface area (Å²) in [4.78, 5) is 0.149. The quantitative estimate of drug-likeness (QED) is 0.883. The second-order valence-corrected chi connectivity index (χ2v) is 6.80. The summed E-state index contributed by atoms with van der Waals surface area (Å²) in [5.41, 5.74) is 1.06. The number of nitrogens with two attached hydrogens (primary N) is 1. The van der Waals surface area contributed by atoms with Crippen LogP contribution in [0.3, 0.4) is 0 Å². The average molecular weight is 298 g/mol. The average Bonchev–Trinajstić information content (AvgIpc) is 2.66. The third kappa shape index (κ3) is 4.28. The Hall–Kier alpha value is -0.950. The third-order valence-corrected chi connectivity index (χ3v) is 4.58. The smallest absolute Gasteiger partial charge is 0.238 e. The molecule has 0 amide bonds. The SMILES string of the molecule is CC(NC1CCCOCC1)c1ccc(S(N)(=O)=O)cc1. The van der Waals surface area contributed by atoms with Gasteiger partial charge in [-0.3, -0.25) is 0 Å². The molecule has 0 radical (unpaired) electrons. The molecule has 1 aromatic carbocycles. The van der Waals surface area contributed by atoms with Gasteiger partial charge in [0.2, 0.25) is 10.0 Å². The first-order valence-electron chi connectivity index (χ1n) is 6.93. The molecule has 20 heavy (non-hydrogen) atoms. The van der Waals surface area contributed by atoms with Crippen LogP contribution in [0.5, 0.6) is 0 Å². The Balaban J connectivity index is 1.99. The van der Waals surface area contributed by atoms with Crippen molar-refractivity contribution < 1.29 is 13.2 Å². The van der Waals surface area contributed by atoms with Gasteiger partial charge in [0.05, 0.1) is 4.90 Å². The summed E-state index contributed by atoms with van der Waals surface area (Å²) in [5.74, 6) is 0. The van der Waals surface area contributed by atoms with Crippen molar-refractivity contribution in [3.63, 3.8) is 0 Å². The Bertz CT molecular complexity index is 520. The van der Waals surface area contributed by atoms with E-state index in [0.717, 1.165) is 38.0 Å². The summed E-state index contributed by atoms with van der Waals surface area (Å²) in [6, 6.07) is 7.35. The molecule has 1 aliphatic heterocycles. The van der Waals surface area contributed by atoms with Crippen LogP contribution in [0.4, 0.5) is 0 Å². The Labute approximate surface area is 120 Å². The Kier molecular flexibility index (Phi) is 5.15. The highest BCUT2D eigenvalue weighted by molar-refractivity contribution is 7.89. The first-order chi connectivity index (χ1) is 9.47. The minimum Gasteiger partial charge on any atom is -0.381 e. The van der Waals surface area contributed by atoms with Crippen LogP contribution in [0, 0.1) is 0 Å². The van der Waals surface area contributed by atoms with Crippen molar-refractivity contribution in [2.45, 2.75) is 43.2 Å². The molecular weight excluding hydrogens is 276 g/mol. The van der Waals surface area contributed by atoms with E-state index in [9.17, 15) is 8.42 Å². The molecule has 3 N–H and O–H groups in total. The van der Waals surface area contributed by atoms with Gasteiger partial charge in [-0.05, 0) is 43.9 Å². The van der Waals surface area contributed by atoms with Crippen molar-refractivity contribution in [2.75, 3.05) is 13.2 Å². The molecule has 0 aliphatic carbocycles. The largest absolute Gasteiger partial charge is 0.381 e. The zero-order chi connectivity index (χ0) is 14.6. The van der Waals surface area contributed by atoms with E-state index in [0.29, 0.717) is 6.04 Å². The van der Waals surface area contributed by atoms with Gasteiger partial charge in [0.25, 0.3) is 0 Å². The summed E-state index contributed by atoms with van der Waals surface area (Å²) in [7, 11) is -3.61. The summed E-state index contributed by atoms with van der Waals surface area (Å²) in [5, 5.41) is 8.67. The monoisotopic (exact) mass is 298 g/mol. The normalized spacial score (nSPS) is 22.2. The predicted molar refractivity (Wildman–Crippen MR) is 77.8 cm³/mol. The van der Waals surface area contributed by atoms with E-state index in [4.69, 9.17) is 9.88 Å². The maximum atomic E-state index is 11.2. The van der Waals surface area contributed by atoms with Crippen LogP contribution in [0.1, 0.15) is 37.8 Å². The second-order valence-electron chi connectivity index (χ2n) is 5.24. The van der Waals surface area contributed by atoms with Gasteiger partial charge >= 0.3 is 0 Å². The molecule has 1 aromatic rings. The number of benzene rings is 1. The Morgan fingerprint density at radius 1 is 1.25 bits per heavy atom. The van der Waals surface area contributed by atoms with Crippen LogP contribution >= 0.6 is 0 Å². The van der Waals surface area contributed by atoms with Crippen molar-refractivity contribution in [3.8, 4) is 0 Å². The maximum absolute atomic E-state index is 11.2. The molecule has 0 saturated carbocycles. The molecule has 1 saturated heterocycles. The molecule has 2 unspecified atom stereocenters. The van der Waals surface area contributed by atoms with E-state index in [-0.39, 0.29) is 10.9 Å². The van der Waals surface area contributed by atoms with Gasteiger partial charge in [0, 0.05) is 25.3 Å². The van der Waals surface area contributed by atoms with Crippen LogP contribution in [0.25, 0.3) is 0 Å². The van der Waals surface area contributed by atoms with E-state index in [1.807, 2.05) is 12.1 Å². The Morgan fingerprint density at radius 2 is 1.95 bits per heavy atom. The first kappa shape index (κ1) is 15.4. The summed E-state index contributed by atoms with van der Waals surface area (Å²) in [6.07, 6.45) is 3.20. The van der Waals surface area contributed by atoms with E-state index in [1.165, 1.54) is 0 Å². The predicted octanol–water partition coefficient (Wildman–Crippen LogP) is 1.55. The minimum absolute atomic E-state index is 0.149. The molecule has 0 aromatic heterocycles. The van der Waals surface area contributed by atoms with Crippen molar-refractivity contribution in [1.29, 1.82) is 0 Å². The molecule has 1 fully saturated rings. The molecule has 1 aliphatic rings. The van der Waals surface area contributed by atoms with E-state index in [2.05, 4.69) is 12.2 Å². The lowest BCUT2D eigenvalue weighted by atomic mass is 10.0. The number of sulfonamides is 1. The van der Waals surface area contributed by atoms with Crippen LogP contribution in [0.2, 0.25) is 0 Å². The van der Waals surface area contributed by atoms with Crippen molar-refractivity contribution in [1.82, 2.24) is 5.32 Å². The van der Waals surface area contributed by atoms with Crippen LogP contribution in [-0.4, -0.2) is 27.7 Å². The fraction of sp³-hybridized carbons (Fsp3) is 0.571. The molecular formula is C14H22N2O3S. The third-order valence-electron chi connectivity index (χ3n) is 3.65. The van der Waals surface area contributed by atoms with Crippen molar-refractivity contribution >= 4 is 10.0 Å². The van der Waals surface area contributed by atoms with Crippen molar-refractivity contribution in [2.24, 2.45) is 5.14 Å². The Morgan fingerprint density at radius 3 is 2.60 bits per heavy atom. The van der Waals surface area contributed by atoms with Crippen LogP contribution in [0.15, 0.2) is 29.2 Å². The zero-order valence-corrected chi connectivity index (χ0v) is 12.5.